The summed E-state index contributed by atoms with van der Waals surface area (Å²) in [6.45, 7) is 1.85. The van der Waals surface area contributed by atoms with Crippen LogP contribution >= 0.6 is 34.8 Å². The van der Waals surface area contributed by atoms with Crippen molar-refractivity contribution in [3.8, 4) is 17.1 Å². The molecule has 0 atom stereocenters. The molecule has 7 heteroatoms. The predicted molar refractivity (Wildman–Crippen MR) is 105 cm³/mol. The second-order valence-electron chi connectivity index (χ2n) is 5.80. The standard InChI is InChI=1S/C19H11Cl3N2O2/c1-10-7-12(20)8-13-16(10)23-18(26-19(13)25)11-5-6-24(9-11)17-14(21)3-2-4-15(17)22/h2-9H,1H3. The predicted octanol–water partition coefficient (Wildman–Crippen LogP) is 5.91. The molecule has 2 heterocycles. The highest BCUT2D eigenvalue weighted by atomic mass is 35.5. The summed E-state index contributed by atoms with van der Waals surface area (Å²) in [6, 6.07) is 10.4. The Morgan fingerprint density at radius 2 is 1.81 bits per heavy atom. The zero-order chi connectivity index (χ0) is 18.4. The zero-order valence-electron chi connectivity index (χ0n) is 13.5. The average Bonchev–Trinajstić information content (AvgIpc) is 3.05. The van der Waals surface area contributed by atoms with E-state index < -0.39 is 5.63 Å². The molecule has 4 rings (SSSR count). The molecule has 2 aromatic heterocycles. The average molecular weight is 406 g/mol. The van der Waals surface area contributed by atoms with Crippen molar-refractivity contribution in [2.75, 3.05) is 0 Å². The van der Waals surface area contributed by atoms with Gasteiger partial charge in [0, 0.05) is 17.4 Å². The number of fused-ring (bicyclic) bond motifs is 1. The van der Waals surface area contributed by atoms with Gasteiger partial charge in [-0.1, -0.05) is 40.9 Å². The van der Waals surface area contributed by atoms with Crippen molar-refractivity contribution in [1.82, 2.24) is 9.55 Å². The highest BCUT2D eigenvalue weighted by molar-refractivity contribution is 6.37. The van der Waals surface area contributed by atoms with E-state index >= 15 is 0 Å². The van der Waals surface area contributed by atoms with Crippen LogP contribution in [0.5, 0.6) is 0 Å². The number of aromatic nitrogens is 2. The van der Waals surface area contributed by atoms with E-state index in [1.807, 2.05) is 6.92 Å². The van der Waals surface area contributed by atoms with Gasteiger partial charge in [-0.25, -0.2) is 9.78 Å². The fraction of sp³-hybridized carbons (Fsp3) is 0.0526. The molecule has 0 amide bonds. The van der Waals surface area contributed by atoms with Crippen LogP contribution in [0.2, 0.25) is 15.1 Å². The topological polar surface area (TPSA) is 48.0 Å². The van der Waals surface area contributed by atoms with Crippen molar-refractivity contribution in [2.45, 2.75) is 6.92 Å². The Morgan fingerprint density at radius 3 is 2.54 bits per heavy atom. The van der Waals surface area contributed by atoms with Gasteiger partial charge in [-0.2, -0.15) is 0 Å². The van der Waals surface area contributed by atoms with Crippen LogP contribution in [0.15, 0.2) is 58.0 Å². The van der Waals surface area contributed by atoms with Crippen LogP contribution in [0.4, 0.5) is 0 Å². The first-order chi connectivity index (χ1) is 12.4. The Hall–Kier alpha value is -2.27. The molecule has 0 aliphatic carbocycles. The molecule has 0 unspecified atom stereocenters. The summed E-state index contributed by atoms with van der Waals surface area (Å²) in [4.78, 5) is 16.8. The summed E-state index contributed by atoms with van der Waals surface area (Å²) in [5.41, 5.74) is 2.15. The second-order valence-corrected chi connectivity index (χ2v) is 7.05. The highest BCUT2D eigenvalue weighted by Gasteiger charge is 2.14. The SMILES string of the molecule is Cc1cc(Cl)cc2c(=O)oc(-c3ccn(-c4c(Cl)cccc4Cl)c3)nc12. The highest BCUT2D eigenvalue weighted by Crippen LogP contribution is 2.30. The van der Waals surface area contributed by atoms with E-state index in [-0.39, 0.29) is 5.89 Å². The molecule has 0 aliphatic heterocycles. The second kappa shape index (κ2) is 6.47. The molecule has 130 valence electrons. The lowest BCUT2D eigenvalue weighted by atomic mass is 10.1. The van der Waals surface area contributed by atoms with Crippen molar-refractivity contribution in [1.29, 1.82) is 0 Å². The van der Waals surface area contributed by atoms with E-state index in [1.54, 1.807) is 53.4 Å². The first-order valence-corrected chi connectivity index (χ1v) is 8.81. The molecule has 0 aliphatic rings. The van der Waals surface area contributed by atoms with Gasteiger partial charge in [0.05, 0.1) is 32.2 Å². The van der Waals surface area contributed by atoms with E-state index in [2.05, 4.69) is 4.98 Å². The largest absolute Gasteiger partial charge is 0.403 e. The monoisotopic (exact) mass is 404 g/mol. The van der Waals surface area contributed by atoms with Crippen LogP contribution in [0.3, 0.4) is 0 Å². The van der Waals surface area contributed by atoms with Gasteiger partial charge >= 0.3 is 5.63 Å². The van der Waals surface area contributed by atoms with Crippen LogP contribution < -0.4 is 5.63 Å². The summed E-state index contributed by atoms with van der Waals surface area (Å²) < 4.78 is 7.16. The molecular weight excluding hydrogens is 395 g/mol. The fourth-order valence-corrected chi connectivity index (χ4v) is 3.69. The third-order valence-corrected chi connectivity index (χ3v) is 4.85. The zero-order valence-corrected chi connectivity index (χ0v) is 15.7. The first kappa shape index (κ1) is 17.2. The Morgan fingerprint density at radius 1 is 1.08 bits per heavy atom. The molecule has 2 aromatic carbocycles. The minimum absolute atomic E-state index is 0.217. The third kappa shape index (κ3) is 2.90. The lowest BCUT2D eigenvalue weighted by Crippen LogP contribution is -2.04. The molecule has 4 aromatic rings. The Bertz CT molecular complexity index is 1190. The number of para-hydroxylation sites is 1. The van der Waals surface area contributed by atoms with E-state index in [0.717, 1.165) is 5.56 Å². The molecule has 4 nitrogen and oxygen atoms in total. The molecule has 0 spiro atoms. The number of rotatable bonds is 2. The lowest BCUT2D eigenvalue weighted by molar-refractivity contribution is 0.518. The summed E-state index contributed by atoms with van der Waals surface area (Å²) in [7, 11) is 0. The first-order valence-electron chi connectivity index (χ1n) is 7.68. The van der Waals surface area contributed by atoms with Crippen LogP contribution in [-0.4, -0.2) is 9.55 Å². The van der Waals surface area contributed by atoms with Crippen LogP contribution in [-0.2, 0) is 0 Å². The molecule has 26 heavy (non-hydrogen) atoms. The van der Waals surface area contributed by atoms with Crippen LogP contribution in [0, 0.1) is 6.92 Å². The number of aryl methyl sites for hydroxylation is 1. The normalized spacial score (nSPS) is 11.2. The number of benzene rings is 2. The van der Waals surface area contributed by atoms with Crippen molar-refractivity contribution in [3.05, 3.63) is 79.8 Å². The maximum absolute atomic E-state index is 12.3. The summed E-state index contributed by atoms with van der Waals surface area (Å²) >= 11 is 18.5. The minimum Gasteiger partial charge on any atom is -0.403 e. The summed E-state index contributed by atoms with van der Waals surface area (Å²) in [6.07, 6.45) is 3.54. The van der Waals surface area contributed by atoms with Crippen molar-refractivity contribution >= 4 is 45.7 Å². The van der Waals surface area contributed by atoms with Gasteiger partial charge in [0.1, 0.15) is 0 Å². The van der Waals surface area contributed by atoms with Gasteiger partial charge in [-0.15, -0.1) is 0 Å². The van der Waals surface area contributed by atoms with Gasteiger partial charge in [-0.05, 0) is 42.8 Å². The van der Waals surface area contributed by atoms with E-state index in [1.165, 1.54) is 0 Å². The quantitative estimate of drug-likeness (QED) is 0.416. The maximum Gasteiger partial charge on any atom is 0.347 e. The molecule has 0 saturated heterocycles. The lowest BCUT2D eigenvalue weighted by Gasteiger charge is -2.07. The summed E-state index contributed by atoms with van der Waals surface area (Å²) in [5.74, 6) is 0.217. The molecule has 0 bridgehead atoms. The van der Waals surface area contributed by atoms with Gasteiger partial charge < -0.3 is 8.98 Å². The van der Waals surface area contributed by atoms with Gasteiger partial charge in [0.15, 0.2) is 0 Å². The van der Waals surface area contributed by atoms with Crippen molar-refractivity contribution in [2.24, 2.45) is 0 Å². The van der Waals surface area contributed by atoms with E-state index in [4.69, 9.17) is 39.2 Å². The Labute approximate surface area is 163 Å². The number of hydrogen-bond donors (Lipinski definition) is 0. The van der Waals surface area contributed by atoms with Gasteiger partial charge in [-0.3, -0.25) is 0 Å². The number of nitrogens with zero attached hydrogens (tertiary/aromatic N) is 2. The fourth-order valence-electron chi connectivity index (χ4n) is 2.83. The van der Waals surface area contributed by atoms with Gasteiger partial charge in [0.25, 0.3) is 0 Å². The molecule has 0 saturated carbocycles. The molecule has 0 fully saturated rings. The van der Waals surface area contributed by atoms with Crippen LogP contribution in [0.25, 0.3) is 28.0 Å². The van der Waals surface area contributed by atoms with Crippen molar-refractivity contribution in [3.63, 3.8) is 0 Å². The smallest absolute Gasteiger partial charge is 0.347 e. The Kier molecular flexibility index (Phi) is 4.27. The minimum atomic E-state index is -0.487. The van der Waals surface area contributed by atoms with Gasteiger partial charge in [0.2, 0.25) is 5.89 Å². The van der Waals surface area contributed by atoms with E-state index in [0.29, 0.717) is 37.2 Å². The van der Waals surface area contributed by atoms with E-state index in [9.17, 15) is 4.79 Å². The third-order valence-electron chi connectivity index (χ3n) is 4.02. The summed E-state index contributed by atoms with van der Waals surface area (Å²) in [5, 5.41) is 1.85. The number of hydrogen-bond acceptors (Lipinski definition) is 3. The number of halogens is 3. The Balaban J connectivity index is 1.87. The molecular formula is C19H11Cl3N2O2. The van der Waals surface area contributed by atoms with Crippen LogP contribution in [0.1, 0.15) is 5.56 Å². The molecule has 0 radical (unpaired) electrons. The van der Waals surface area contributed by atoms with Crippen molar-refractivity contribution < 1.29 is 4.42 Å². The maximum atomic E-state index is 12.3. The molecule has 0 N–H and O–H groups in total.